The van der Waals surface area contributed by atoms with Crippen LogP contribution in [0.2, 0.25) is 0 Å². The van der Waals surface area contributed by atoms with Gasteiger partial charge in [-0.3, -0.25) is 4.79 Å². The van der Waals surface area contributed by atoms with E-state index in [0.717, 1.165) is 17.7 Å². The molecule has 1 N–H and O–H groups in total. The number of hydrogen-bond donors (Lipinski definition) is 1. The van der Waals surface area contributed by atoms with Crippen LogP contribution in [-0.4, -0.2) is 5.91 Å². The van der Waals surface area contributed by atoms with Gasteiger partial charge in [-0.15, -0.1) is 0 Å². The number of amides is 1. The Morgan fingerprint density at radius 1 is 1.10 bits per heavy atom. The minimum atomic E-state index is -4.38. The number of hydrogen-bond acceptors (Lipinski definition) is 1. The van der Waals surface area contributed by atoms with E-state index in [2.05, 4.69) is 5.32 Å². The normalized spacial score (nSPS) is 11.2. The molecule has 21 heavy (non-hydrogen) atoms. The summed E-state index contributed by atoms with van der Waals surface area (Å²) >= 11 is 0. The van der Waals surface area contributed by atoms with Crippen LogP contribution < -0.4 is 5.32 Å². The largest absolute Gasteiger partial charge is 0.416 e. The van der Waals surface area contributed by atoms with Crippen LogP contribution in [0.4, 0.5) is 13.2 Å². The van der Waals surface area contributed by atoms with Gasteiger partial charge in [-0.25, -0.2) is 0 Å². The standard InChI is InChI=1S/C16H14F3NO/c1-11-5-7-13(8-6-11)15(21)20-10-12-3-2-4-14(9-12)16(17,18)19/h2-9H,10H2,1H3,(H,20,21). The lowest BCUT2D eigenvalue weighted by Gasteiger charge is -2.09. The quantitative estimate of drug-likeness (QED) is 0.912. The van der Waals surface area contributed by atoms with Crippen molar-refractivity contribution in [3.63, 3.8) is 0 Å². The highest BCUT2D eigenvalue weighted by atomic mass is 19.4. The second-order valence-corrected chi connectivity index (χ2v) is 4.75. The molecule has 0 aliphatic heterocycles. The lowest BCUT2D eigenvalue weighted by molar-refractivity contribution is -0.137. The first-order chi connectivity index (χ1) is 9.86. The van der Waals surface area contributed by atoms with Gasteiger partial charge in [-0.2, -0.15) is 13.2 Å². The fourth-order valence-electron chi connectivity index (χ4n) is 1.85. The third kappa shape index (κ3) is 4.08. The third-order valence-corrected chi connectivity index (χ3v) is 3.02. The maximum atomic E-state index is 12.6. The first-order valence-electron chi connectivity index (χ1n) is 6.37. The summed E-state index contributed by atoms with van der Waals surface area (Å²) in [6, 6.07) is 11.9. The Morgan fingerprint density at radius 2 is 1.76 bits per heavy atom. The Balaban J connectivity index is 2.03. The smallest absolute Gasteiger partial charge is 0.348 e. The van der Waals surface area contributed by atoms with Crippen LogP contribution in [0, 0.1) is 6.92 Å². The van der Waals surface area contributed by atoms with Crippen LogP contribution in [0.5, 0.6) is 0 Å². The van der Waals surface area contributed by atoms with Gasteiger partial charge in [0.15, 0.2) is 0 Å². The number of benzene rings is 2. The molecule has 0 saturated heterocycles. The van der Waals surface area contributed by atoms with Crippen LogP contribution in [0.3, 0.4) is 0 Å². The molecule has 2 nitrogen and oxygen atoms in total. The Kier molecular flexibility index (Phi) is 4.31. The van der Waals surface area contributed by atoms with E-state index in [4.69, 9.17) is 0 Å². The molecule has 0 aliphatic carbocycles. The van der Waals surface area contributed by atoms with E-state index >= 15 is 0 Å². The van der Waals surface area contributed by atoms with E-state index in [1.54, 1.807) is 30.3 Å². The lowest BCUT2D eigenvalue weighted by Crippen LogP contribution is -2.23. The van der Waals surface area contributed by atoms with E-state index in [9.17, 15) is 18.0 Å². The SMILES string of the molecule is Cc1ccc(C(=O)NCc2cccc(C(F)(F)F)c2)cc1. The minimum Gasteiger partial charge on any atom is -0.348 e. The number of halogens is 3. The van der Waals surface area contributed by atoms with E-state index in [1.807, 2.05) is 6.92 Å². The van der Waals surface area contributed by atoms with Crippen LogP contribution in [-0.2, 0) is 12.7 Å². The first kappa shape index (κ1) is 15.1. The van der Waals surface area contributed by atoms with Gasteiger partial charge in [0.05, 0.1) is 5.56 Å². The molecule has 0 aliphatic rings. The molecule has 0 heterocycles. The zero-order valence-electron chi connectivity index (χ0n) is 11.4. The van der Waals surface area contributed by atoms with E-state index in [0.29, 0.717) is 11.1 Å². The molecule has 110 valence electrons. The zero-order valence-corrected chi connectivity index (χ0v) is 11.4. The Hall–Kier alpha value is -2.30. The summed E-state index contributed by atoms with van der Waals surface area (Å²) in [5, 5.41) is 2.61. The summed E-state index contributed by atoms with van der Waals surface area (Å²) in [6.07, 6.45) is -4.38. The van der Waals surface area contributed by atoms with Crippen LogP contribution in [0.25, 0.3) is 0 Å². The van der Waals surface area contributed by atoms with Crippen LogP contribution >= 0.6 is 0 Å². The van der Waals surface area contributed by atoms with Gasteiger partial charge in [0, 0.05) is 12.1 Å². The van der Waals surface area contributed by atoms with Crippen molar-refractivity contribution in [3.05, 3.63) is 70.8 Å². The number of aryl methyl sites for hydroxylation is 1. The summed E-state index contributed by atoms with van der Waals surface area (Å²) in [7, 11) is 0. The summed E-state index contributed by atoms with van der Waals surface area (Å²) in [4.78, 5) is 11.9. The van der Waals surface area contributed by atoms with Crippen LogP contribution in [0.15, 0.2) is 48.5 Å². The highest BCUT2D eigenvalue weighted by Gasteiger charge is 2.30. The maximum Gasteiger partial charge on any atom is 0.416 e. The van der Waals surface area contributed by atoms with Gasteiger partial charge in [0.1, 0.15) is 0 Å². The number of alkyl halides is 3. The molecule has 2 aromatic carbocycles. The minimum absolute atomic E-state index is 0.0522. The van der Waals surface area contributed by atoms with Crippen molar-refractivity contribution in [2.24, 2.45) is 0 Å². The number of rotatable bonds is 3. The Morgan fingerprint density at radius 3 is 2.38 bits per heavy atom. The number of carbonyl (C=O) groups is 1. The van der Waals surface area contributed by atoms with Gasteiger partial charge in [0.2, 0.25) is 0 Å². The highest BCUT2D eigenvalue weighted by molar-refractivity contribution is 5.94. The molecule has 2 rings (SSSR count). The van der Waals surface area contributed by atoms with Gasteiger partial charge in [-0.1, -0.05) is 29.8 Å². The molecular formula is C16H14F3NO. The summed E-state index contributed by atoms with van der Waals surface area (Å²) in [5.41, 5.74) is 1.20. The molecule has 0 bridgehead atoms. The van der Waals surface area contributed by atoms with Crippen molar-refractivity contribution >= 4 is 5.91 Å². The van der Waals surface area contributed by atoms with Crippen LogP contribution in [0.1, 0.15) is 27.0 Å². The second-order valence-electron chi connectivity index (χ2n) is 4.75. The van der Waals surface area contributed by atoms with E-state index in [1.165, 1.54) is 6.07 Å². The predicted molar refractivity (Wildman–Crippen MR) is 73.8 cm³/mol. The molecular weight excluding hydrogens is 279 g/mol. The van der Waals surface area contributed by atoms with Crippen molar-refractivity contribution in [1.82, 2.24) is 5.32 Å². The average molecular weight is 293 g/mol. The highest BCUT2D eigenvalue weighted by Crippen LogP contribution is 2.29. The maximum absolute atomic E-state index is 12.6. The van der Waals surface area contributed by atoms with Crippen molar-refractivity contribution in [2.75, 3.05) is 0 Å². The van der Waals surface area contributed by atoms with Crippen molar-refractivity contribution in [3.8, 4) is 0 Å². The molecule has 0 aromatic heterocycles. The molecule has 2 aromatic rings. The summed E-state index contributed by atoms with van der Waals surface area (Å²) in [5.74, 6) is -0.313. The second kappa shape index (κ2) is 5.99. The number of nitrogens with one attached hydrogen (secondary N) is 1. The average Bonchev–Trinajstić information content (AvgIpc) is 2.45. The Bertz CT molecular complexity index is 633. The molecule has 0 unspecified atom stereocenters. The molecule has 0 fully saturated rings. The topological polar surface area (TPSA) is 29.1 Å². The number of carbonyl (C=O) groups excluding carboxylic acids is 1. The van der Waals surface area contributed by atoms with Gasteiger partial charge in [0.25, 0.3) is 5.91 Å². The van der Waals surface area contributed by atoms with Gasteiger partial charge < -0.3 is 5.32 Å². The predicted octanol–water partition coefficient (Wildman–Crippen LogP) is 3.94. The first-order valence-corrected chi connectivity index (χ1v) is 6.37. The van der Waals surface area contributed by atoms with E-state index < -0.39 is 11.7 Å². The van der Waals surface area contributed by atoms with Gasteiger partial charge in [-0.05, 0) is 36.8 Å². The Labute approximate surface area is 120 Å². The molecule has 0 spiro atoms. The van der Waals surface area contributed by atoms with E-state index in [-0.39, 0.29) is 12.5 Å². The fraction of sp³-hybridized carbons (Fsp3) is 0.188. The monoisotopic (exact) mass is 293 g/mol. The van der Waals surface area contributed by atoms with Crippen molar-refractivity contribution in [2.45, 2.75) is 19.6 Å². The zero-order chi connectivity index (χ0) is 15.5. The fourth-order valence-corrected chi connectivity index (χ4v) is 1.85. The molecule has 0 saturated carbocycles. The summed E-state index contributed by atoms with van der Waals surface area (Å²) in [6.45, 7) is 1.96. The summed E-state index contributed by atoms with van der Waals surface area (Å²) < 4.78 is 37.7. The van der Waals surface area contributed by atoms with Crippen molar-refractivity contribution < 1.29 is 18.0 Å². The molecule has 5 heteroatoms. The van der Waals surface area contributed by atoms with Crippen molar-refractivity contribution in [1.29, 1.82) is 0 Å². The molecule has 0 radical (unpaired) electrons. The lowest BCUT2D eigenvalue weighted by atomic mass is 10.1. The third-order valence-electron chi connectivity index (χ3n) is 3.02. The molecule has 1 amide bonds. The van der Waals surface area contributed by atoms with Gasteiger partial charge >= 0.3 is 6.18 Å². The molecule has 0 atom stereocenters.